The number of nitrogens with one attached hydrogen (secondary N) is 2. The molecular formula is C22H31N3O5S. The van der Waals surface area contributed by atoms with Crippen molar-refractivity contribution < 1.29 is 22.7 Å². The molecule has 2 heterocycles. The van der Waals surface area contributed by atoms with E-state index in [0.717, 1.165) is 25.7 Å². The number of fused-ring (bicyclic) bond motifs is 1. The molecule has 0 radical (unpaired) electrons. The van der Waals surface area contributed by atoms with E-state index in [1.807, 2.05) is 0 Å². The number of ether oxygens (including phenoxy) is 1. The van der Waals surface area contributed by atoms with Gasteiger partial charge in [0.15, 0.2) is 6.10 Å². The molecule has 2 N–H and O–H groups in total. The van der Waals surface area contributed by atoms with Gasteiger partial charge in [-0.1, -0.05) is 6.92 Å². The van der Waals surface area contributed by atoms with Crippen LogP contribution in [0.2, 0.25) is 0 Å². The van der Waals surface area contributed by atoms with Crippen molar-refractivity contribution in [2.45, 2.75) is 69.4 Å². The Morgan fingerprint density at radius 2 is 1.90 bits per heavy atom. The Balaban J connectivity index is 1.44. The highest BCUT2D eigenvalue weighted by atomic mass is 32.2. The maximum atomic E-state index is 13.3. The fourth-order valence-corrected chi connectivity index (χ4v) is 6.15. The molecule has 3 aliphatic rings. The number of piperidine rings is 1. The van der Waals surface area contributed by atoms with Crippen LogP contribution >= 0.6 is 0 Å². The molecule has 0 spiro atoms. The number of rotatable bonds is 4. The van der Waals surface area contributed by atoms with Crippen LogP contribution in [0.5, 0.6) is 5.75 Å². The molecule has 1 aromatic carbocycles. The first-order chi connectivity index (χ1) is 14.7. The minimum atomic E-state index is -3.79. The van der Waals surface area contributed by atoms with Crippen LogP contribution in [0.1, 0.15) is 52.4 Å². The highest BCUT2D eigenvalue weighted by Crippen LogP contribution is 2.34. The van der Waals surface area contributed by atoms with Gasteiger partial charge in [0, 0.05) is 19.1 Å². The Kier molecular flexibility index (Phi) is 6.25. The Hall–Kier alpha value is -2.13. The molecule has 2 atom stereocenters. The fourth-order valence-electron chi connectivity index (χ4n) is 4.60. The molecular weight excluding hydrogens is 418 g/mol. The third kappa shape index (κ3) is 4.72. The summed E-state index contributed by atoms with van der Waals surface area (Å²) in [4.78, 5) is 24.8. The van der Waals surface area contributed by atoms with E-state index in [4.69, 9.17) is 4.74 Å². The highest BCUT2D eigenvalue weighted by molar-refractivity contribution is 7.89. The van der Waals surface area contributed by atoms with Crippen LogP contribution in [-0.2, 0) is 19.6 Å². The summed E-state index contributed by atoms with van der Waals surface area (Å²) in [5.41, 5.74) is 0.349. The van der Waals surface area contributed by atoms with Crippen molar-refractivity contribution in [3.63, 3.8) is 0 Å². The van der Waals surface area contributed by atoms with E-state index in [-0.39, 0.29) is 35.2 Å². The van der Waals surface area contributed by atoms with E-state index < -0.39 is 16.1 Å². The Morgan fingerprint density at radius 1 is 1.16 bits per heavy atom. The topological polar surface area (TPSA) is 105 Å². The second kappa shape index (κ2) is 8.78. The van der Waals surface area contributed by atoms with E-state index in [9.17, 15) is 18.0 Å². The smallest absolute Gasteiger partial charge is 0.265 e. The van der Waals surface area contributed by atoms with Gasteiger partial charge in [-0.2, -0.15) is 4.31 Å². The minimum Gasteiger partial charge on any atom is -0.479 e. The largest absolute Gasteiger partial charge is 0.479 e. The molecule has 31 heavy (non-hydrogen) atoms. The molecule has 1 aliphatic carbocycles. The number of amides is 2. The second-order valence-electron chi connectivity index (χ2n) is 9.07. The van der Waals surface area contributed by atoms with Gasteiger partial charge in [-0.05, 0) is 69.6 Å². The zero-order valence-electron chi connectivity index (χ0n) is 18.1. The fraction of sp³-hybridized carbons (Fsp3) is 0.636. The van der Waals surface area contributed by atoms with Gasteiger partial charge in [0.25, 0.3) is 5.91 Å². The molecule has 1 aromatic rings. The van der Waals surface area contributed by atoms with Crippen molar-refractivity contribution in [1.82, 2.24) is 9.62 Å². The molecule has 0 aromatic heterocycles. The maximum absolute atomic E-state index is 13.3. The first-order valence-corrected chi connectivity index (χ1v) is 12.6. The van der Waals surface area contributed by atoms with Gasteiger partial charge in [0.2, 0.25) is 15.9 Å². The Labute approximate surface area is 183 Å². The van der Waals surface area contributed by atoms with E-state index in [1.165, 1.54) is 16.4 Å². The standard InChI is InChI=1S/C22H31N3O5S/c1-14-5-7-17(8-6-14)23-22(27)16-4-3-11-25(13-16)31(28,29)18-9-10-20-19(12-18)24-21(26)15(2)30-20/h9-10,12,14-17H,3-8,11,13H2,1-2H3,(H,23,27)(H,24,26). The normalized spacial score (nSPS) is 29.4. The number of hydrogen-bond acceptors (Lipinski definition) is 5. The predicted molar refractivity (Wildman–Crippen MR) is 116 cm³/mol. The number of nitrogens with zero attached hydrogens (tertiary/aromatic N) is 1. The lowest BCUT2D eigenvalue weighted by Gasteiger charge is -2.33. The lowest BCUT2D eigenvalue weighted by Crippen LogP contribution is -2.48. The average molecular weight is 450 g/mol. The summed E-state index contributed by atoms with van der Waals surface area (Å²) in [5, 5.41) is 5.84. The first kappa shape index (κ1) is 22.1. The van der Waals surface area contributed by atoms with Gasteiger partial charge in [0.05, 0.1) is 16.5 Å². The van der Waals surface area contributed by atoms with Crippen molar-refractivity contribution in [2.75, 3.05) is 18.4 Å². The highest BCUT2D eigenvalue weighted by Gasteiger charge is 2.35. The summed E-state index contributed by atoms with van der Waals surface area (Å²) in [6, 6.07) is 4.69. The Morgan fingerprint density at radius 3 is 2.65 bits per heavy atom. The van der Waals surface area contributed by atoms with Crippen molar-refractivity contribution >= 4 is 27.5 Å². The number of hydrogen-bond donors (Lipinski definition) is 2. The van der Waals surface area contributed by atoms with Gasteiger partial charge < -0.3 is 15.4 Å². The third-order valence-corrected chi connectivity index (χ3v) is 8.50. The molecule has 2 unspecified atom stereocenters. The molecule has 8 nitrogen and oxygen atoms in total. The third-order valence-electron chi connectivity index (χ3n) is 6.64. The van der Waals surface area contributed by atoms with Gasteiger partial charge in [-0.25, -0.2) is 8.42 Å². The molecule has 4 rings (SSSR count). The van der Waals surface area contributed by atoms with Crippen LogP contribution in [0.25, 0.3) is 0 Å². The summed E-state index contributed by atoms with van der Waals surface area (Å²) in [5.74, 6) is 0.458. The molecule has 1 saturated carbocycles. The van der Waals surface area contributed by atoms with Gasteiger partial charge in [-0.15, -0.1) is 0 Å². The lowest BCUT2D eigenvalue weighted by molar-refractivity contribution is -0.127. The monoisotopic (exact) mass is 449 g/mol. The summed E-state index contributed by atoms with van der Waals surface area (Å²) in [6.45, 7) is 4.43. The predicted octanol–water partition coefficient (Wildman–Crippen LogP) is 2.50. The van der Waals surface area contributed by atoms with Gasteiger partial charge in [0.1, 0.15) is 5.75 Å². The van der Waals surface area contributed by atoms with E-state index in [0.29, 0.717) is 36.7 Å². The van der Waals surface area contributed by atoms with Crippen molar-refractivity contribution in [3.05, 3.63) is 18.2 Å². The molecule has 2 amide bonds. The van der Waals surface area contributed by atoms with Crippen LogP contribution in [0, 0.1) is 11.8 Å². The minimum absolute atomic E-state index is 0.0421. The van der Waals surface area contributed by atoms with Crippen molar-refractivity contribution in [1.29, 1.82) is 0 Å². The SMILES string of the molecule is CC1CCC(NC(=O)C2CCCN(S(=O)(=O)c3ccc4c(c3)NC(=O)C(C)O4)C2)CC1. The zero-order valence-corrected chi connectivity index (χ0v) is 18.9. The molecule has 170 valence electrons. The van der Waals surface area contributed by atoms with Crippen LogP contribution in [0.4, 0.5) is 5.69 Å². The lowest BCUT2D eigenvalue weighted by atomic mass is 9.87. The first-order valence-electron chi connectivity index (χ1n) is 11.2. The molecule has 2 fully saturated rings. The van der Waals surface area contributed by atoms with Gasteiger partial charge >= 0.3 is 0 Å². The summed E-state index contributed by atoms with van der Waals surface area (Å²) in [6.07, 6.45) is 4.92. The summed E-state index contributed by atoms with van der Waals surface area (Å²) < 4.78 is 33.4. The quantitative estimate of drug-likeness (QED) is 0.735. The summed E-state index contributed by atoms with van der Waals surface area (Å²) in [7, 11) is -3.79. The van der Waals surface area contributed by atoms with E-state index >= 15 is 0 Å². The molecule has 9 heteroatoms. The molecule has 2 aliphatic heterocycles. The Bertz CT molecular complexity index is 956. The zero-order chi connectivity index (χ0) is 22.2. The van der Waals surface area contributed by atoms with Crippen LogP contribution in [0.3, 0.4) is 0 Å². The van der Waals surface area contributed by atoms with Crippen molar-refractivity contribution in [3.8, 4) is 5.75 Å². The van der Waals surface area contributed by atoms with Crippen LogP contribution < -0.4 is 15.4 Å². The number of benzene rings is 1. The second-order valence-corrected chi connectivity index (χ2v) is 11.0. The van der Waals surface area contributed by atoms with Crippen LogP contribution in [0.15, 0.2) is 23.1 Å². The number of carbonyl (C=O) groups is 2. The van der Waals surface area contributed by atoms with Crippen LogP contribution in [-0.4, -0.2) is 49.8 Å². The van der Waals surface area contributed by atoms with E-state index in [2.05, 4.69) is 17.6 Å². The molecule has 1 saturated heterocycles. The van der Waals surface area contributed by atoms with Gasteiger partial charge in [-0.3, -0.25) is 9.59 Å². The maximum Gasteiger partial charge on any atom is 0.265 e. The number of sulfonamides is 1. The molecule has 0 bridgehead atoms. The van der Waals surface area contributed by atoms with E-state index in [1.54, 1.807) is 13.0 Å². The number of anilines is 1. The van der Waals surface area contributed by atoms with Crippen molar-refractivity contribution in [2.24, 2.45) is 11.8 Å². The summed E-state index contributed by atoms with van der Waals surface area (Å²) >= 11 is 0. The average Bonchev–Trinajstić information content (AvgIpc) is 2.76. The number of carbonyl (C=O) groups excluding carboxylic acids is 2.